The molecule has 1 aliphatic rings. The van der Waals surface area contributed by atoms with E-state index in [1.165, 1.54) is 5.56 Å². The highest BCUT2D eigenvalue weighted by Gasteiger charge is 2.18. The molecule has 0 unspecified atom stereocenters. The third kappa shape index (κ3) is 2.81. The molecule has 4 heteroatoms. The Morgan fingerprint density at radius 3 is 2.94 bits per heavy atom. The molecule has 0 saturated carbocycles. The molecule has 0 radical (unpaired) electrons. The molecule has 98 valence electrons. The number of nitrogens with one attached hydrogen (secondary N) is 1. The second-order valence-corrected chi connectivity index (χ2v) is 5.25. The Morgan fingerprint density at radius 1 is 1.50 bits per heavy atom. The molecular formula is C14H21N3O. The first kappa shape index (κ1) is 12.9. The highest BCUT2D eigenvalue weighted by Crippen LogP contribution is 2.26. The third-order valence-corrected chi connectivity index (χ3v) is 3.24. The van der Waals surface area contributed by atoms with Gasteiger partial charge in [-0.15, -0.1) is 0 Å². The number of pyridine rings is 1. The molecule has 0 aliphatic heterocycles. The number of nitrogens with zero attached hydrogens (tertiary/aromatic N) is 1. The largest absolute Gasteiger partial charge is 0.477 e. The van der Waals surface area contributed by atoms with Crippen molar-refractivity contribution in [2.75, 3.05) is 6.61 Å². The van der Waals surface area contributed by atoms with E-state index in [1.54, 1.807) is 0 Å². The van der Waals surface area contributed by atoms with Crippen LogP contribution in [-0.4, -0.2) is 17.4 Å². The molecule has 0 bridgehead atoms. The Labute approximate surface area is 108 Å². The maximum absolute atomic E-state index is 7.62. The van der Waals surface area contributed by atoms with Crippen molar-refractivity contribution in [2.24, 2.45) is 11.7 Å². The first-order chi connectivity index (χ1) is 8.58. The lowest BCUT2D eigenvalue weighted by Gasteiger charge is -2.12. The zero-order chi connectivity index (χ0) is 13.1. The molecule has 0 aromatic carbocycles. The molecule has 1 heterocycles. The maximum Gasteiger partial charge on any atom is 0.224 e. The Kier molecular flexibility index (Phi) is 3.84. The summed E-state index contributed by atoms with van der Waals surface area (Å²) in [5, 5.41) is 7.62. The van der Waals surface area contributed by atoms with E-state index in [9.17, 15) is 0 Å². The molecule has 3 N–H and O–H groups in total. The summed E-state index contributed by atoms with van der Waals surface area (Å²) in [6.45, 7) is 4.94. The summed E-state index contributed by atoms with van der Waals surface area (Å²) >= 11 is 0. The van der Waals surface area contributed by atoms with Crippen molar-refractivity contribution < 1.29 is 4.74 Å². The molecule has 0 fully saturated rings. The predicted octanol–water partition coefficient (Wildman–Crippen LogP) is 2.28. The molecule has 1 aliphatic carbocycles. The molecule has 1 aromatic heterocycles. The van der Waals surface area contributed by atoms with E-state index in [0.29, 0.717) is 24.0 Å². The molecule has 0 amide bonds. The van der Waals surface area contributed by atoms with Gasteiger partial charge >= 0.3 is 0 Å². The smallest absolute Gasteiger partial charge is 0.224 e. The fourth-order valence-corrected chi connectivity index (χ4v) is 2.15. The Balaban J connectivity index is 2.19. The summed E-state index contributed by atoms with van der Waals surface area (Å²) in [6.07, 6.45) is 4.16. The lowest BCUT2D eigenvalue weighted by molar-refractivity contribution is 0.278. The highest BCUT2D eigenvalue weighted by molar-refractivity contribution is 5.97. The molecule has 0 saturated heterocycles. The van der Waals surface area contributed by atoms with Gasteiger partial charge in [-0.05, 0) is 43.2 Å². The fourth-order valence-electron chi connectivity index (χ4n) is 2.15. The monoisotopic (exact) mass is 247 g/mol. The van der Waals surface area contributed by atoms with Crippen LogP contribution in [-0.2, 0) is 12.8 Å². The van der Waals surface area contributed by atoms with Crippen molar-refractivity contribution in [1.82, 2.24) is 4.98 Å². The molecule has 2 rings (SSSR count). The van der Waals surface area contributed by atoms with Crippen LogP contribution in [0.25, 0.3) is 0 Å². The molecule has 0 spiro atoms. The number of aromatic nitrogens is 1. The van der Waals surface area contributed by atoms with Gasteiger partial charge in [0.1, 0.15) is 5.84 Å². The number of aryl methyl sites for hydroxylation is 2. The number of nitrogen functional groups attached to an aromatic ring is 1. The standard InChI is InChI=1S/C14H21N3O/c1-9(2)6-7-18-14-11(13(15)16)8-10-4-3-5-12(10)17-14/h8-9H,3-7H2,1-2H3,(H3,15,16). The van der Waals surface area contributed by atoms with E-state index < -0.39 is 0 Å². The maximum atomic E-state index is 7.62. The van der Waals surface area contributed by atoms with Gasteiger partial charge in [0.05, 0.1) is 12.2 Å². The van der Waals surface area contributed by atoms with Gasteiger partial charge in [0, 0.05) is 5.69 Å². The van der Waals surface area contributed by atoms with Gasteiger partial charge in [0.25, 0.3) is 0 Å². The Hall–Kier alpha value is -1.58. The molecule has 4 nitrogen and oxygen atoms in total. The van der Waals surface area contributed by atoms with Crippen molar-refractivity contribution in [3.63, 3.8) is 0 Å². The summed E-state index contributed by atoms with van der Waals surface area (Å²) in [5.74, 6) is 1.17. The molecular weight excluding hydrogens is 226 g/mol. The van der Waals surface area contributed by atoms with Crippen molar-refractivity contribution in [3.05, 3.63) is 22.9 Å². The number of hydrogen-bond donors (Lipinski definition) is 2. The molecule has 1 aromatic rings. The van der Waals surface area contributed by atoms with Crippen LogP contribution in [0.15, 0.2) is 6.07 Å². The summed E-state index contributed by atoms with van der Waals surface area (Å²) in [5.41, 5.74) is 8.57. The zero-order valence-corrected chi connectivity index (χ0v) is 11.1. The van der Waals surface area contributed by atoms with Crippen LogP contribution < -0.4 is 10.5 Å². The van der Waals surface area contributed by atoms with E-state index in [4.69, 9.17) is 15.9 Å². The van der Waals surface area contributed by atoms with Gasteiger partial charge in [0.2, 0.25) is 5.88 Å². The second-order valence-electron chi connectivity index (χ2n) is 5.25. The summed E-state index contributed by atoms with van der Waals surface area (Å²) in [6, 6.07) is 1.97. The van der Waals surface area contributed by atoms with Crippen LogP contribution in [0.5, 0.6) is 5.88 Å². The average Bonchev–Trinajstić information content (AvgIpc) is 2.74. The van der Waals surface area contributed by atoms with E-state index >= 15 is 0 Å². The van der Waals surface area contributed by atoms with Crippen molar-refractivity contribution in [1.29, 1.82) is 5.41 Å². The lowest BCUT2D eigenvalue weighted by Crippen LogP contribution is -2.16. The van der Waals surface area contributed by atoms with Gasteiger partial charge < -0.3 is 10.5 Å². The van der Waals surface area contributed by atoms with E-state index in [1.807, 2.05) is 6.07 Å². The summed E-state index contributed by atoms with van der Waals surface area (Å²) < 4.78 is 5.70. The predicted molar refractivity (Wildman–Crippen MR) is 72.2 cm³/mol. The summed E-state index contributed by atoms with van der Waals surface area (Å²) in [7, 11) is 0. The summed E-state index contributed by atoms with van der Waals surface area (Å²) in [4.78, 5) is 4.53. The second kappa shape index (κ2) is 5.38. The van der Waals surface area contributed by atoms with Crippen molar-refractivity contribution in [2.45, 2.75) is 39.5 Å². The lowest BCUT2D eigenvalue weighted by atomic mass is 10.1. The van der Waals surface area contributed by atoms with E-state index in [2.05, 4.69) is 18.8 Å². The molecule has 0 atom stereocenters. The highest BCUT2D eigenvalue weighted by atomic mass is 16.5. The van der Waals surface area contributed by atoms with Gasteiger partial charge in [-0.2, -0.15) is 0 Å². The van der Waals surface area contributed by atoms with E-state index in [-0.39, 0.29) is 5.84 Å². The quantitative estimate of drug-likeness (QED) is 0.619. The van der Waals surface area contributed by atoms with Crippen LogP contribution in [0.2, 0.25) is 0 Å². The van der Waals surface area contributed by atoms with Gasteiger partial charge in [-0.3, -0.25) is 5.41 Å². The average molecular weight is 247 g/mol. The van der Waals surface area contributed by atoms with Gasteiger partial charge in [0.15, 0.2) is 0 Å². The van der Waals surface area contributed by atoms with Crippen LogP contribution in [0.3, 0.4) is 0 Å². The third-order valence-electron chi connectivity index (χ3n) is 3.24. The number of amidine groups is 1. The van der Waals surface area contributed by atoms with E-state index in [0.717, 1.165) is 31.4 Å². The van der Waals surface area contributed by atoms with Crippen LogP contribution in [0, 0.1) is 11.3 Å². The van der Waals surface area contributed by atoms with Gasteiger partial charge in [-0.25, -0.2) is 4.98 Å². The normalized spacial score (nSPS) is 13.7. The first-order valence-corrected chi connectivity index (χ1v) is 6.58. The zero-order valence-electron chi connectivity index (χ0n) is 11.1. The topological polar surface area (TPSA) is 72.0 Å². The van der Waals surface area contributed by atoms with Crippen LogP contribution in [0.4, 0.5) is 0 Å². The number of nitrogens with two attached hydrogens (primary N) is 1. The van der Waals surface area contributed by atoms with Crippen LogP contribution in [0.1, 0.15) is 43.5 Å². The van der Waals surface area contributed by atoms with Crippen LogP contribution >= 0.6 is 0 Å². The van der Waals surface area contributed by atoms with Crippen molar-refractivity contribution in [3.8, 4) is 5.88 Å². The number of rotatable bonds is 5. The van der Waals surface area contributed by atoms with Crippen molar-refractivity contribution >= 4 is 5.84 Å². The number of fused-ring (bicyclic) bond motifs is 1. The Bertz CT molecular complexity index is 455. The first-order valence-electron chi connectivity index (χ1n) is 6.58. The Morgan fingerprint density at radius 2 is 2.28 bits per heavy atom. The minimum Gasteiger partial charge on any atom is -0.477 e. The minimum atomic E-state index is 0.0387. The SMILES string of the molecule is CC(C)CCOc1nc2c(cc1C(=N)N)CCC2. The number of hydrogen-bond acceptors (Lipinski definition) is 3. The van der Waals surface area contributed by atoms with Gasteiger partial charge in [-0.1, -0.05) is 13.8 Å². The minimum absolute atomic E-state index is 0.0387. The number of ether oxygens (including phenoxy) is 1. The fraction of sp³-hybridized carbons (Fsp3) is 0.571. The molecule has 18 heavy (non-hydrogen) atoms.